The molecule has 1 aromatic rings. The van der Waals surface area contributed by atoms with Crippen LogP contribution in [-0.4, -0.2) is 38.1 Å². The summed E-state index contributed by atoms with van der Waals surface area (Å²) in [6.45, 7) is 3.74. The van der Waals surface area contributed by atoms with Crippen LogP contribution in [0.1, 0.15) is 19.8 Å². The Morgan fingerprint density at radius 2 is 1.91 bits per heavy atom. The highest BCUT2D eigenvalue weighted by atomic mass is 79.9. The van der Waals surface area contributed by atoms with Crippen molar-refractivity contribution in [1.82, 2.24) is 5.32 Å². The fourth-order valence-corrected chi connectivity index (χ4v) is 2.75. The lowest BCUT2D eigenvalue weighted by atomic mass is 9.99. The molecule has 2 amide bonds. The van der Waals surface area contributed by atoms with Gasteiger partial charge >= 0.3 is 0 Å². The first-order valence-corrected chi connectivity index (χ1v) is 8.26. The van der Waals surface area contributed by atoms with Crippen molar-refractivity contribution in [1.29, 1.82) is 0 Å². The highest BCUT2D eigenvalue weighted by Crippen LogP contribution is 2.18. The third kappa shape index (κ3) is 4.81. The standard InChI is InChI=1S/C16H21BrN2O3/c1-12(20)19(15-4-2-14(17)3-5-15)9-8-18-16(21)13-6-10-22-11-7-13/h2-5,13H,6-11H2,1H3,(H,18,21). The molecule has 22 heavy (non-hydrogen) atoms. The quantitative estimate of drug-likeness (QED) is 0.867. The largest absolute Gasteiger partial charge is 0.381 e. The number of halogens is 1. The number of nitrogens with zero attached hydrogens (tertiary/aromatic N) is 1. The van der Waals surface area contributed by atoms with Gasteiger partial charge in [-0.05, 0) is 37.1 Å². The summed E-state index contributed by atoms with van der Waals surface area (Å²) in [5, 5.41) is 2.92. The van der Waals surface area contributed by atoms with Crippen molar-refractivity contribution in [3.63, 3.8) is 0 Å². The Balaban J connectivity index is 1.85. The number of carbonyl (C=O) groups excluding carboxylic acids is 2. The topological polar surface area (TPSA) is 58.6 Å². The number of hydrogen-bond acceptors (Lipinski definition) is 3. The molecule has 1 fully saturated rings. The molecule has 0 bridgehead atoms. The molecular weight excluding hydrogens is 348 g/mol. The normalized spacial score (nSPS) is 15.4. The van der Waals surface area contributed by atoms with Crippen molar-refractivity contribution in [2.24, 2.45) is 5.92 Å². The van der Waals surface area contributed by atoms with Gasteiger partial charge in [0, 0.05) is 49.3 Å². The van der Waals surface area contributed by atoms with E-state index < -0.39 is 0 Å². The van der Waals surface area contributed by atoms with E-state index >= 15 is 0 Å². The average Bonchev–Trinajstić information content (AvgIpc) is 2.53. The Hall–Kier alpha value is -1.40. The van der Waals surface area contributed by atoms with Crippen LogP contribution in [0.25, 0.3) is 0 Å². The molecule has 0 aliphatic carbocycles. The highest BCUT2D eigenvalue weighted by molar-refractivity contribution is 9.10. The van der Waals surface area contributed by atoms with E-state index in [0.29, 0.717) is 26.3 Å². The number of amides is 2. The van der Waals surface area contributed by atoms with E-state index in [1.54, 1.807) is 4.90 Å². The van der Waals surface area contributed by atoms with Gasteiger partial charge in [-0.3, -0.25) is 9.59 Å². The van der Waals surface area contributed by atoms with E-state index in [1.165, 1.54) is 6.92 Å². The van der Waals surface area contributed by atoms with E-state index in [4.69, 9.17) is 4.74 Å². The Labute approximate surface area is 139 Å². The monoisotopic (exact) mass is 368 g/mol. The molecule has 1 aromatic carbocycles. The highest BCUT2D eigenvalue weighted by Gasteiger charge is 2.21. The minimum atomic E-state index is -0.0392. The molecule has 0 spiro atoms. The SMILES string of the molecule is CC(=O)N(CCNC(=O)C1CCOCC1)c1ccc(Br)cc1. The molecule has 0 radical (unpaired) electrons. The van der Waals surface area contributed by atoms with Crippen molar-refractivity contribution in [2.45, 2.75) is 19.8 Å². The average molecular weight is 369 g/mol. The summed E-state index contributed by atoms with van der Waals surface area (Å²) in [5.41, 5.74) is 0.830. The molecule has 2 rings (SSSR count). The molecule has 0 atom stereocenters. The number of nitrogens with one attached hydrogen (secondary N) is 1. The van der Waals surface area contributed by atoms with Crippen LogP contribution in [0.4, 0.5) is 5.69 Å². The molecule has 1 aliphatic rings. The number of anilines is 1. The summed E-state index contributed by atoms with van der Waals surface area (Å²) in [4.78, 5) is 25.5. The van der Waals surface area contributed by atoms with Gasteiger partial charge in [0.05, 0.1) is 0 Å². The molecule has 1 aliphatic heterocycles. The second-order valence-corrected chi connectivity index (χ2v) is 6.24. The molecular formula is C16H21BrN2O3. The zero-order chi connectivity index (χ0) is 15.9. The summed E-state index contributed by atoms with van der Waals surface area (Å²) in [7, 11) is 0. The minimum absolute atomic E-state index is 0.0345. The van der Waals surface area contributed by atoms with Gasteiger partial charge in [0.1, 0.15) is 0 Å². The minimum Gasteiger partial charge on any atom is -0.381 e. The van der Waals surface area contributed by atoms with Crippen molar-refractivity contribution >= 4 is 33.4 Å². The number of ether oxygens (including phenoxy) is 1. The molecule has 0 saturated carbocycles. The summed E-state index contributed by atoms with van der Waals surface area (Å²) < 4.78 is 6.22. The summed E-state index contributed by atoms with van der Waals surface area (Å²) in [6.07, 6.45) is 1.55. The van der Waals surface area contributed by atoms with Gasteiger partial charge in [-0.1, -0.05) is 15.9 Å². The maximum Gasteiger partial charge on any atom is 0.223 e. The lowest BCUT2D eigenvalue weighted by molar-refractivity contribution is -0.127. The van der Waals surface area contributed by atoms with Gasteiger partial charge in [0.2, 0.25) is 11.8 Å². The van der Waals surface area contributed by atoms with Crippen molar-refractivity contribution in [3.05, 3.63) is 28.7 Å². The smallest absolute Gasteiger partial charge is 0.223 e. The predicted molar refractivity (Wildman–Crippen MR) is 88.7 cm³/mol. The molecule has 0 unspecified atom stereocenters. The molecule has 120 valence electrons. The second-order valence-electron chi connectivity index (χ2n) is 5.32. The van der Waals surface area contributed by atoms with Gasteiger partial charge < -0.3 is 15.0 Å². The number of rotatable bonds is 5. The zero-order valence-corrected chi connectivity index (χ0v) is 14.3. The van der Waals surface area contributed by atoms with Gasteiger partial charge in [-0.2, -0.15) is 0 Å². The fourth-order valence-electron chi connectivity index (χ4n) is 2.48. The van der Waals surface area contributed by atoms with Gasteiger partial charge in [-0.15, -0.1) is 0 Å². The van der Waals surface area contributed by atoms with Crippen LogP contribution < -0.4 is 10.2 Å². The lowest BCUT2D eigenvalue weighted by Gasteiger charge is -2.24. The molecule has 5 nitrogen and oxygen atoms in total. The third-order valence-corrected chi connectivity index (χ3v) is 4.27. The lowest BCUT2D eigenvalue weighted by Crippen LogP contribution is -2.40. The van der Waals surface area contributed by atoms with E-state index in [9.17, 15) is 9.59 Å². The first-order chi connectivity index (χ1) is 10.6. The van der Waals surface area contributed by atoms with E-state index in [0.717, 1.165) is 23.0 Å². The summed E-state index contributed by atoms with van der Waals surface area (Å²) >= 11 is 3.38. The first kappa shape index (κ1) is 17.0. The maximum atomic E-state index is 12.1. The number of benzene rings is 1. The number of carbonyl (C=O) groups is 2. The Morgan fingerprint density at radius 3 is 2.50 bits per heavy atom. The van der Waals surface area contributed by atoms with Crippen LogP contribution in [0, 0.1) is 5.92 Å². The van der Waals surface area contributed by atoms with Crippen molar-refractivity contribution < 1.29 is 14.3 Å². The first-order valence-electron chi connectivity index (χ1n) is 7.47. The molecule has 6 heteroatoms. The van der Waals surface area contributed by atoms with E-state index in [1.807, 2.05) is 24.3 Å². The van der Waals surface area contributed by atoms with Crippen LogP contribution >= 0.6 is 15.9 Å². The fraction of sp³-hybridized carbons (Fsp3) is 0.500. The van der Waals surface area contributed by atoms with Crippen LogP contribution in [0.3, 0.4) is 0 Å². The summed E-state index contributed by atoms with van der Waals surface area (Å²) in [5.74, 6) is 0.0532. The Bertz CT molecular complexity index is 513. The van der Waals surface area contributed by atoms with Gasteiger partial charge in [-0.25, -0.2) is 0 Å². The van der Waals surface area contributed by atoms with Gasteiger partial charge in [0.15, 0.2) is 0 Å². The number of hydrogen-bond donors (Lipinski definition) is 1. The molecule has 1 heterocycles. The summed E-state index contributed by atoms with van der Waals surface area (Å²) in [6, 6.07) is 7.55. The van der Waals surface area contributed by atoms with Crippen molar-refractivity contribution in [3.8, 4) is 0 Å². The second kappa shape index (κ2) is 8.29. The van der Waals surface area contributed by atoms with Crippen LogP contribution in [0.5, 0.6) is 0 Å². The predicted octanol–water partition coefficient (Wildman–Crippen LogP) is 2.34. The van der Waals surface area contributed by atoms with E-state index in [2.05, 4.69) is 21.2 Å². The maximum absolute atomic E-state index is 12.1. The van der Waals surface area contributed by atoms with Crippen LogP contribution in [0.2, 0.25) is 0 Å². The van der Waals surface area contributed by atoms with Crippen LogP contribution in [0.15, 0.2) is 28.7 Å². The van der Waals surface area contributed by atoms with E-state index in [-0.39, 0.29) is 17.7 Å². The van der Waals surface area contributed by atoms with Gasteiger partial charge in [0.25, 0.3) is 0 Å². The van der Waals surface area contributed by atoms with Crippen molar-refractivity contribution in [2.75, 3.05) is 31.2 Å². The molecule has 1 N–H and O–H groups in total. The zero-order valence-electron chi connectivity index (χ0n) is 12.7. The van der Waals surface area contributed by atoms with Crippen LogP contribution in [-0.2, 0) is 14.3 Å². The molecule has 0 aromatic heterocycles. The molecule has 1 saturated heterocycles. The third-order valence-electron chi connectivity index (χ3n) is 3.75. The Morgan fingerprint density at radius 1 is 1.27 bits per heavy atom. The Kier molecular flexibility index (Phi) is 6.39.